The molecule has 0 aliphatic heterocycles. The van der Waals surface area contributed by atoms with Crippen molar-refractivity contribution in [2.45, 2.75) is 26.7 Å². The molecule has 0 saturated heterocycles. The number of rotatable bonds is 4. The van der Waals surface area contributed by atoms with Gasteiger partial charge in [-0.25, -0.2) is 9.59 Å². The van der Waals surface area contributed by atoms with Crippen LogP contribution in [0.1, 0.15) is 42.9 Å². The lowest BCUT2D eigenvalue weighted by atomic mass is 10.4. The van der Waals surface area contributed by atoms with Crippen LogP contribution in [0.5, 0.6) is 0 Å². The van der Waals surface area contributed by atoms with Crippen molar-refractivity contribution in [1.29, 1.82) is 0 Å². The lowest BCUT2D eigenvalue weighted by molar-refractivity contribution is 0.0691. The van der Waals surface area contributed by atoms with Gasteiger partial charge in [-0.15, -0.1) is 22.7 Å². The summed E-state index contributed by atoms with van der Waals surface area (Å²) >= 11 is 2.68. The Kier molecular flexibility index (Phi) is 6.41. The fraction of sp³-hybridized carbons (Fsp3) is 0.286. The largest absolute Gasteiger partial charge is 0.477 e. The summed E-state index contributed by atoms with van der Waals surface area (Å²) in [6.45, 7) is 4.02. The van der Waals surface area contributed by atoms with Gasteiger partial charge in [-0.05, 0) is 37.1 Å². The fourth-order valence-electron chi connectivity index (χ4n) is 1.37. The van der Waals surface area contributed by atoms with Gasteiger partial charge in [-0.3, -0.25) is 0 Å². The van der Waals surface area contributed by atoms with E-state index in [-0.39, 0.29) is 0 Å². The molecule has 2 aromatic heterocycles. The van der Waals surface area contributed by atoms with Crippen LogP contribution in [0.15, 0.2) is 24.3 Å². The molecular formula is C14H16O4S2. The van der Waals surface area contributed by atoms with Crippen molar-refractivity contribution in [3.05, 3.63) is 43.8 Å². The summed E-state index contributed by atoms with van der Waals surface area (Å²) in [7, 11) is 0. The van der Waals surface area contributed by atoms with E-state index in [0.29, 0.717) is 9.75 Å². The van der Waals surface area contributed by atoms with E-state index in [1.807, 2.05) is 26.0 Å². The van der Waals surface area contributed by atoms with Gasteiger partial charge in [0, 0.05) is 9.75 Å². The molecule has 0 saturated carbocycles. The van der Waals surface area contributed by atoms with Crippen LogP contribution < -0.4 is 0 Å². The Morgan fingerprint density at radius 2 is 1.20 bits per heavy atom. The van der Waals surface area contributed by atoms with Crippen LogP contribution in [-0.2, 0) is 12.8 Å². The Balaban J connectivity index is 0.000000200. The molecule has 0 bridgehead atoms. The first-order chi connectivity index (χ1) is 9.47. The van der Waals surface area contributed by atoms with Crippen molar-refractivity contribution in [3.63, 3.8) is 0 Å². The highest BCUT2D eigenvalue weighted by atomic mass is 32.1. The minimum absolute atomic E-state index is 0.428. The number of aromatic carboxylic acids is 2. The Bertz CT molecular complexity index is 531. The average molecular weight is 312 g/mol. The van der Waals surface area contributed by atoms with Gasteiger partial charge in [0.1, 0.15) is 9.75 Å². The highest BCUT2D eigenvalue weighted by Crippen LogP contribution is 2.16. The highest BCUT2D eigenvalue weighted by molar-refractivity contribution is 7.14. The second-order valence-electron chi connectivity index (χ2n) is 3.85. The smallest absolute Gasteiger partial charge is 0.345 e. The number of aryl methyl sites for hydroxylation is 2. The highest BCUT2D eigenvalue weighted by Gasteiger charge is 2.05. The molecule has 4 nitrogen and oxygen atoms in total. The second kappa shape index (κ2) is 7.81. The topological polar surface area (TPSA) is 74.6 Å². The van der Waals surface area contributed by atoms with Crippen LogP contribution in [0.3, 0.4) is 0 Å². The van der Waals surface area contributed by atoms with Crippen molar-refractivity contribution in [3.8, 4) is 0 Å². The zero-order valence-corrected chi connectivity index (χ0v) is 12.9. The standard InChI is InChI=1S/2C7H8O2S/c2*1-2-5-3-4-6(10-5)7(8)9/h2*3-4H,2H2,1H3,(H,8,9). The lowest BCUT2D eigenvalue weighted by Crippen LogP contribution is -1.89. The Morgan fingerprint density at radius 3 is 1.35 bits per heavy atom. The Labute approximate surface area is 125 Å². The van der Waals surface area contributed by atoms with Gasteiger partial charge in [0.25, 0.3) is 0 Å². The van der Waals surface area contributed by atoms with Crippen molar-refractivity contribution < 1.29 is 19.8 Å². The molecule has 0 fully saturated rings. The summed E-state index contributed by atoms with van der Waals surface area (Å²) in [5.41, 5.74) is 0. The van der Waals surface area contributed by atoms with Gasteiger partial charge >= 0.3 is 11.9 Å². The molecule has 0 atom stereocenters. The number of hydrogen-bond acceptors (Lipinski definition) is 4. The third kappa shape index (κ3) is 4.79. The first kappa shape index (κ1) is 16.4. The number of carboxylic acids is 2. The van der Waals surface area contributed by atoms with Crippen LogP contribution in [0, 0.1) is 0 Å². The summed E-state index contributed by atoms with van der Waals surface area (Å²) in [5.74, 6) is -1.66. The van der Waals surface area contributed by atoms with Crippen LogP contribution in [0.4, 0.5) is 0 Å². The molecule has 0 aliphatic carbocycles. The summed E-state index contributed by atoms with van der Waals surface area (Å²) in [6, 6.07) is 7.00. The maximum Gasteiger partial charge on any atom is 0.345 e. The Morgan fingerprint density at radius 1 is 0.850 bits per heavy atom. The molecular weight excluding hydrogens is 296 g/mol. The van der Waals surface area contributed by atoms with E-state index in [4.69, 9.17) is 10.2 Å². The maximum absolute atomic E-state index is 10.3. The quantitative estimate of drug-likeness (QED) is 0.894. The molecule has 2 aromatic rings. The van der Waals surface area contributed by atoms with E-state index in [9.17, 15) is 9.59 Å². The summed E-state index contributed by atoms with van der Waals surface area (Å²) in [4.78, 5) is 23.8. The molecule has 0 radical (unpaired) electrons. The molecule has 0 aliphatic rings. The van der Waals surface area contributed by atoms with E-state index in [2.05, 4.69) is 0 Å². The maximum atomic E-state index is 10.3. The van der Waals surface area contributed by atoms with Crippen molar-refractivity contribution in [2.24, 2.45) is 0 Å². The predicted octanol–water partition coefficient (Wildman–Crippen LogP) is 4.02. The van der Waals surface area contributed by atoms with E-state index in [1.165, 1.54) is 22.7 Å². The van der Waals surface area contributed by atoms with E-state index in [0.717, 1.165) is 22.6 Å². The molecule has 2 heterocycles. The molecule has 0 unspecified atom stereocenters. The molecule has 108 valence electrons. The predicted molar refractivity (Wildman–Crippen MR) is 81.3 cm³/mol. The van der Waals surface area contributed by atoms with Gasteiger partial charge in [-0.1, -0.05) is 13.8 Å². The van der Waals surface area contributed by atoms with Gasteiger partial charge < -0.3 is 10.2 Å². The zero-order chi connectivity index (χ0) is 15.1. The van der Waals surface area contributed by atoms with Crippen LogP contribution >= 0.6 is 22.7 Å². The number of carboxylic acid groups (broad SMARTS) is 2. The second-order valence-corrected chi connectivity index (χ2v) is 6.19. The number of hydrogen-bond donors (Lipinski definition) is 2. The van der Waals surface area contributed by atoms with Gasteiger partial charge in [0.2, 0.25) is 0 Å². The van der Waals surface area contributed by atoms with Crippen LogP contribution in [-0.4, -0.2) is 22.2 Å². The van der Waals surface area contributed by atoms with Crippen molar-refractivity contribution in [2.75, 3.05) is 0 Å². The molecule has 0 spiro atoms. The fourth-order valence-corrected chi connectivity index (χ4v) is 2.94. The van der Waals surface area contributed by atoms with Crippen molar-refractivity contribution >= 4 is 34.6 Å². The van der Waals surface area contributed by atoms with Gasteiger partial charge in [0.05, 0.1) is 0 Å². The monoisotopic (exact) mass is 312 g/mol. The van der Waals surface area contributed by atoms with E-state index in [1.54, 1.807) is 12.1 Å². The van der Waals surface area contributed by atoms with Crippen molar-refractivity contribution in [1.82, 2.24) is 0 Å². The number of thiophene rings is 2. The number of carbonyl (C=O) groups is 2. The molecule has 0 aromatic carbocycles. The third-order valence-corrected chi connectivity index (χ3v) is 4.88. The average Bonchev–Trinajstić information content (AvgIpc) is 3.08. The summed E-state index contributed by atoms with van der Waals surface area (Å²) in [6.07, 6.45) is 1.83. The first-order valence-electron chi connectivity index (χ1n) is 6.11. The lowest BCUT2D eigenvalue weighted by Gasteiger charge is -1.83. The molecule has 0 amide bonds. The third-order valence-electron chi connectivity index (χ3n) is 2.44. The molecule has 2 N–H and O–H groups in total. The zero-order valence-electron chi connectivity index (χ0n) is 11.3. The molecule has 2 rings (SSSR count). The first-order valence-corrected chi connectivity index (χ1v) is 7.75. The summed E-state index contributed by atoms with van der Waals surface area (Å²) < 4.78 is 0. The minimum Gasteiger partial charge on any atom is -0.477 e. The van der Waals surface area contributed by atoms with E-state index >= 15 is 0 Å². The van der Waals surface area contributed by atoms with Crippen LogP contribution in [0.25, 0.3) is 0 Å². The van der Waals surface area contributed by atoms with Gasteiger partial charge in [0.15, 0.2) is 0 Å². The molecule has 6 heteroatoms. The van der Waals surface area contributed by atoms with Gasteiger partial charge in [-0.2, -0.15) is 0 Å². The van der Waals surface area contributed by atoms with E-state index < -0.39 is 11.9 Å². The summed E-state index contributed by atoms with van der Waals surface area (Å²) in [5, 5.41) is 17.0. The molecule has 20 heavy (non-hydrogen) atoms. The normalized spacial score (nSPS) is 9.70. The Hall–Kier alpha value is -1.66. The minimum atomic E-state index is -0.829. The SMILES string of the molecule is CCc1ccc(C(=O)O)s1.CCc1ccc(C(=O)O)s1. The van der Waals surface area contributed by atoms with Crippen LogP contribution in [0.2, 0.25) is 0 Å².